The number of nitrogens with two attached hydrogens (primary N) is 1. The van der Waals surface area contributed by atoms with Crippen LogP contribution < -0.4 is 10.6 Å². The normalized spacial score (nSPS) is 17.4. The standard InChI is InChI=1S/C11H18N4O2/c1-8-9(2)13-17-11(8)15-5-3-14(4-6-15)7-10(12)16/h3-7H2,1-2H3,(H2,12,16). The lowest BCUT2D eigenvalue weighted by Crippen LogP contribution is -2.49. The summed E-state index contributed by atoms with van der Waals surface area (Å²) in [6, 6.07) is 0. The number of aromatic nitrogens is 1. The molecule has 1 aromatic rings. The number of amides is 1. The van der Waals surface area contributed by atoms with Crippen LogP contribution in [-0.4, -0.2) is 48.7 Å². The second kappa shape index (κ2) is 4.75. The lowest BCUT2D eigenvalue weighted by Gasteiger charge is -2.33. The Hall–Kier alpha value is -1.56. The maximum absolute atomic E-state index is 10.8. The van der Waals surface area contributed by atoms with Crippen LogP contribution in [0.4, 0.5) is 5.88 Å². The molecule has 2 heterocycles. The Morgan fingerprint density at radius 1 is 1.35 bits per heavy atom. The summed E-state index contributed by atoms with van der Waals surface area (Å²) in [4.78, 5) is 15.0. The second-order valence-electron chi connectivity index (χ2n) is 4.43. The Morgan fingerprint density at radius 3 is 2.47 bits per heavy atom. The average molecular weight is 238 g/mol. The van der Waals surface area contributed by atoms with E-state index >= 15 is 0 Å². The van der Waals surface area contributed by atoms with Gasteiger partial charge in [0.1, 0.15) is 0 Å². The molecule has 2 rings (SSSR count). The maximum Gasteiger partial charge on any atom is 0.231 e. The largest absolute Gasteiger partial charge is 0.369 e. The lowest BCUT2D eigenvalue weighted by molar-refractivity contribution is -0.119. The molecular formula is C11H18N4O2. The number of carbonyl (C=O) groups excluding carboxylic acids is 1. The first-order chi connectivity index (χ1) is 8.08. The molecule has 0 aromatic carbocycles. The van der Waals surface area contributed by atoms with Crippen LogP contribution in [0.2, 0.25) is 0 Å². The first-order valence-corrected chi connectivity index (χ1v) is 5.76. The Balaban J connectivity index is 1.95. The van der Waals surface area contributed by atoms with E-state index in [1.807, 2.05) is 13.8 Å². The predicted molar refractivity (Wildman–Crippen MR) is 63.8 cm³/mol. The van der Waals surface area contributed by atoms with E-state index in [2.05, 4.69) is 15.0 Å². The molecule has 0 saturated carbocycles. The van der Waals surface area contributed by atoms with Crippen molar-refractivity contribution >= 4 is 11.8 Å². The molecule has 6 nitrogen and oxygen atoms in total. The monoisotopic (exact) mass is 238 g/mol. The highest BCUT2D eigenvalue weighted by Crippen LogP contribution is 2.23. The van der Waals surface area contributed by atoms with Crippen molar-refractivity contribution in [1.82, 2.24) is 10.1 Å². The summed E-state index contributed by atoms with van der Waals surface area (Å²) in [5, 5.41) is 3.95. The van der Waals surface area contributed by atoms with Gasteiger partial charge in [-0.1, -0.05) is 5.16 Å². The predicted octanol–water partition coefficient (Wildman–Crippen LogP) is -0.101. The number of rotatable bonds is 3. The Morgan fingerprint density at radius 2 is 2.00 bits per heavy atom. The van der Waals surface area contributed by atoms with Crippen molar-refractivity contribution in [3.8, 4) is 0 Å². The third-order valence-corrected chi connectivity index (χ3v) is 3.17. The number of piperazine rings is 1. The highest BCUT2D eigenvalue weighted by molar-refractivity contribution is 5.75. The second-order valence-corrected chi connectivity index (χ2v) is 4.43. The minimum Gasteiger partial charge on any atom is -0.369 e. The van der Waals surface area contributed by atoms with E-state index in [0.717, 1.165) is 43.3 Å². The molecular weight excluding hydrogens is 220 g/mol. The fraction of sp³-hybridized carbons (Fsp3) is 0.636. The van der Waals surface area contributed by atoms with E-state index in [-0.39, 0.29) is 5.91 Å². The van der Waals surface area contributed by atoms with E-state index in [4.69, 9.17) is 10.3 Å². The topological polar surface area (TPSA) is 75.6 Å². The van der Waals surface area contributed by atoms with Gasteiger partial charge in [-0.25, -0.2) is 0 Å². The summed E-state index contributed by atoms with van der Waals surface area (Å²) in [5.41, 5.74) is 7.20. The van der Waals surface area contributed by atoms with Crippen molar-refractivity contribution in [3.63, 3.8) is 0 Å². The van der Waals surface area contributed by atoms with Gasteiger partial charge >= 0.3 is 0 Å². The fourth-order valence-electron chi connectivity index (χ4n) is 2.03. The van der Waals surface area contributed by atoms with E-state index in [9.17, 15) is 4.79 Å². The van der Waals surface area contributed by atoms with Crippen LogP contribution in [0.3, 0.4) is 0 Å². The van der Waals surface area contributed by atoms with Crippen LogP contribution in [0.15, 0.2) is 4.52 Å². The first-order valence-electron chi connectivity index (χ1n) is 5.76. The van der Waals surface area contributed by atoms with Gasteiger partial charge in [-0.15, -0.1) is 0 Å². The van der Waals surface area contributed by atoms with Gasteiger partial charge in [0.05, 0.1) is 12.2 Å². The van der Waals surface area contributed by atoms with Crippen molar-refractivity contribution in [2.75, 3.05) is 37.6 Å². The maximum atomic E-state index is 10.8. The zero-order valence-electron chi connectivity index (χ0n) is 10.3. The molecule has 0 atom stereocenters. The quantitative estimate of drug-likeness (QED) is 0.795. The fourth-order valence-corrected chi connectivity index (χ4v) is 2.03. The summed E-state index contributed by atoms with van der Waals surface area (Å²) in [7, 11) is 0. The molecule has 0 bridgehead atoms. The third-order valence-electron chi connectivity index (χ3n) is 3.17. The number of carbonyl (C=O) groups is 1. The van der Waals surface area contributed by atoms with Crippen molar-refractivity contribution in [2.45, 2.75) is 13.8 Å². The molecule has 1 amide bonds. The number of anilines is 1. The molecule has 94 valence electrons. The van der Waals surface area contributed by atoms with Crippen LogP contribution >= 0.6 is 0 Å². The third kappa shape index (κ3) is 2.58. The number of aryl methyl sites for hydroxylation is 1. The molecule has 2 N–H and O–H groups in total. The van der Waals surface area contributed by atoms with Crippen LogP contribution in [0, 0.1) is 13.8 Å². The van der Waals surface area contributed by atoms with Crippen molar-refractivity contribution in [1.29, 1.82) is 0 Å². The zero-order chi connectivity index (χ0) is 12.4. The lowest BCUT2D eigenvalue weighted by atomic mass is 10.2. The highest BCUT2D eigenvalue weighted by atomic mass is 16.5. The van der Waals surface area contributed by atoms with Gasteiger partial charge < -0.3 is 15.2 Å². The zero-order valence-corrected chi connectivity index (χ0v) is 10.3. The molecule has 0 aliphatic carbocycles. The first kappa shape index (κ1) is 11.9. The van der Waals surface area contributed by atoms with Crippen LogP contribution in [0.1, 0.15) is 11.3 Å². The van der Waals surface area contributed by atoms with Crippen molar-refractivity contribution in [2.24, 2.45) is 5.73 Å². The van der Waals surface area contributed by atoms with E-state index in [1.165, 1.54) is 0 Å². The molecule has 1 aliphatic rings. The van der Waals surface area contributed by atoms with Crippen LogP contribution in [0.25, 0.3) is 0 Å². The molecule has 0 radical (unpaired) electrons. The summed E-state index contributed by atoms with van der Waals surface area (Å²) >= 11 is 0. The summed E-state index contributed by atoms with van der Waals surface area (Å²) < 4.78 is 5.32. The van der Waals surface area contributed by atoms with E-state index in [1.54, 1.807) is 0 Å². The molecule has 1 saturated heterocycles. The van der Waals surface area contributed by atoms with Gasteiger partial charge in [0.25, 0.3) is 0 Å². The molecule has 0 spiro atoms. The van der Waals surface area contributed by atoms with Crippen LogP contribution in [-0.2, 0) is 4.79 Å². The van der Waals surface area contributed by atoms with Crippen molar-refractivity contribution in [3.05, 3.63) is 11.3 Å². The molecule has 1 aromatic heterocycles. The minimum atomic E-state index is -0.273. The van der Waals surface area contributed by atoms with E-state index < -0.39 is 0 Å². The van der Waals surface area contributed by atoms with Gasteiger partial charge in [0.15, 0.2) is 0 Å². The Labute approximate surface area is 100 Å². The molecule has 1 fully saturated rings. The Kier molecular flexibility index (Phi) is 3.33. The van der Waals surface area contributed by atoms with Crippen LogP contribution in [0.5, 0.6) is 0 Å². The summed E-state index contributed by atoms with van der Waals surface area (Å²) in [5.74, 6) is 0.575. The van der Waals surface area contributed by atoms with Gasteiger partial charge in [-0.3, -0.25) is 9.69 Å². The van der Waals surface area contributed by atoms with Crippen molar-refractivity contribution < 1.29 is 9.32 Å². The number of primary amides is 1. The highest BCUT2D eigenvalue weighted by Gasteiger charge is 2.22. The molecule has 6 heteroatoms. The van der Waals surface area contributed by atoms with E-state index in [0.29, 0.717) is 6.54 Å². The summed E-state index contributed by atoms with van der Waals surface area (Å²) in [6.45, 7) is 7.60. The molecule has 0 unspecified atom stereocenters. The number of hydrogen-bond acceptors (Lipinski definition) is 5. The SMILES string of the molecule is Cc1noc(N2CCN(CC(N)=O)CC2)c1C. The number of nitrogens with zero attached hydrogens (tertiary/aromatic N) is 3. The average Bonchev–Trinajstić information content (AvgIpc) is 2.60. The smallest absolute Gasteiger partial charge is 0.231 e. The van der Waals surface area contributed by atoms with Gasteiger partial charge in [-0.2, -0.15) is 0 Å². The number of hydrogen-bond donors (Lipinski definition) is 1. The van der Waals surface area contributed by atoms with Gasteiger partial charge in [-0.05, 0) is 13.8 Å². The Bertz CT molecular complexity index is 408. The van der Waals surface area contributed by atoms with Gasteiger partial charge in [0, 0.05) is 31.7 Å². The molecule has 1 aliphatic heterocycles. The summed E-state index contributed by atoms with van der Waals surface area (Å²) in [6.07, 6.45) is 0. The minimum absolute atomic E-state index is 0.273. The molecule has 17 heavy (non-hydrogen) atoms. The van der Waals surface area contributed by atoms with Gasteiger partial charge in [0.2, 0.25) is 11.8 Å².